The van der Waals surface area contributed by atoms with Crippen LogP contribution in [0.15, 0.2) is 102 Å². The SMILES string of the molecule is CCCNC(=O)[C@H](Cc1ccccc1)N(Cc1ccccc1Cl)C(=O)CN(c1cc(C)cc(C)c1)S(=O)(=O)c1ccc(C)cc1. The molecule has 9 heteroatoms. The van der Waals surface area contributed by atoms with Crippen LogP contribution in [-0.2, 0) is 32.6 Å². The largest absolute Gasteiger partial charge is 0.354 e. The molecule has 0 aliphatic rings. The number of amides is 2. The molecule has 0 fully saturated rings. The Kier molecular flexibility index (Phi) is 11.4. The minimum absolute atomic E-state index is 0.0147. The molecule has 4 rings (SSSR count). The Hall–Kier alpha value is -4.14. The predicted molar refractivity (Wildman–Crippen MR) is 181 cm³/mol. The van der Waals surface area contributed by atoms with Gasteiger partial charge in [-0.1, -0.05) is 90.8 Å². The topological polar surface area (TPSA) is 86.8 Å². The number of sulfonamides is 1. The molecule has 0 spiro atoms. The van der Waals surface area contributed by atoms with E-state index in [-0.39, 0.29) is 23.8 Å². The number of nitrogens with one attached hydrogen (secondary N) is 1. The first kappa shape index (κ1) is 33.7. The number of carbonyl (C=O) groups is 2. The predicted octanol–water partition coefficient (Wildman–Crippen LogP) is 6.63. The highest BCUT2D eigenvalue weighted by Crippen LogP contribution is 2.28. The fourth-order valence-corrected chi connectivity index (χ4v) is 6.78. The number of anilines is 1. The van der Waals surface area contributed by atoms with Crippen LogP contribution in [0.1, 0.15) is 41.2 Å². The molecule has 4 aromatic rings. The van der Waals surface area contributed by atoms with E-state index in [1.54, 1.807) is 54.6 Å². The lowest BCUT2D eigenvalue weighted by Crippen LogP contribution is -2.53. The van der Waals surface area contributed by atoms with Crippen molar-refractivity contribution in [2.45, 2.75) is 58.0 Å². The first-order valence-electron chi connectivity index (χ1n) is 15.0. The zero-order valence-electron chi connectivity index (χ0n) is 26.2. The monoisotopic (exact) mass is 645 g/mol. The molecule has 45 heavy (non-hydrogen) atoms. The third-order valence-electron chi connectivity index (χ3n) is 7.50. The van der Waals surface area contributed by atoms with E-state index in [9.17, 15) is 18.0 Å². The molecular formula is C36H40ClN3O4S. The van der Waals surface area contributed by atoms with E-state index in [1.807, 2.05) is 70.2 Å². The molecule has 2 amide bonds. The molecule has 0 aliphatic carbocycles. The lowest BCUT2D eigenvalue weighted by atomic mass is 10.0. The maximum absolute atomic E-state index is 14.6. The van der Waals surface area contributed by atoms with Crippen LogP contribution in [0.2, 0.25) is 5.02 Å². The van der Waals surface area contributed by atoms with Gasteiger partial charge in [-0.25, -0.2) is 8.42 Å². The maximum atomic E-state index is 14.6. The molecule has 0 radical (unpaired) electrons. The Morgan fingerprint density at radius 2 is 1.44 bits per heavy atom. The number of halogens is 1. The minimum Gasteiger partial charge on any atom is -0.354 e. The summed E-state index contributed by atoms with van der Waals surface area (Å²) < 4.78 is 29.6. The summed E-state index contributed by atoms with van der Waals surface area (Å²) in [6, 6.07) is 27.7. The number of hydrogen-bond donors (Lipinski definition) is 1. The van der Waals surface area contributed by atoms with Crippen LogP contribution in [0.4, 0.5) is 5.69 Å². The Bertz CT molecular complexity index is 1710. The fourth-order valence-electron chi connectivity index (χ4n) is 5.19. The zero-order valence-corrected chi connectivity index (χ0v) is 27.7. The Morgan fingerprint density at radius 3 is 2.07 bits per heavy atom. The van der Waals surface area contributed by atoms with Crippen LogP contribution in [0.25, 0.3) is 0 Å². The molecule has 0 aromatic heterocycles. The molecule has 1 atom stereocenters. The van der Waals surface area contributed by atoms with Crippen LogP contribution in [0.3, 0.4) is 0 Å². The number of rotatable bonds is 13. The zero-order chi connectivity index (χ0) is 32.6. The van der Waals surface area contributed by atoms with Crippen molar-refractivity contribution >= 4 is 39.1 Å². The van der Waals surface area contributed by atoms with E-state index in [4.69, 9.17) is 11.6 Å². The Morgan fingerprint density at radius 1 is 0.822 bits per heavy atom. The van der Waals surface area contributed by atoms with E-state index in [0.29, 0.717) is 22.8 Å². The van der Waals surface area contributed by atoms with Crippen LogP contribution in [0.5, 0.6) is 0 Å². The highest BCUT2D eigenvalue weighted by molar-refractivity contribution is 7.92. The van der Waals surface area contributed by atoms with Crippen LogP contribution in [0, 0.1) is 20.8 Å². The first-order chi connectivity index (χ1) is 21.5. The van der Waals surface area contributed by atoms with E-state index in [1.165, 1.54) is 4.90 Å². The third kappa shape index (κ3) is 8.74. The lowest BCUT2D eigenvalue weighted by Gasteiger charge is -2.34. The van der Waals surface area contributed by atoms with Gasteiger partial charge in [-0.3, -0.25) is 13.9 Å². The van der Waals surface area contributed by atoms with Gasteiger partial charge in [0.15, 0.2) is 0 Å². The van der Waals surface area contributed by atoms with Crippen LogP contribution in [-0.4, -0.2) is 44.3 Å². The van der Waals surface area contributed by atoms with Crippen molar-refractivity contribution in [3.8, 4) is 0 Å². The van der Waals surface area contributed by atoms with Gasteiger partial charge in [0.05, 0.1) is 10.6 Å². The van der Waals surface area contributed by atoms with Gasteiger partial charge in [-0.05, 0) is 79.8 Å². The normalized spacial score (nSPS) is 11.9. The smallest absolute Gasteiger partial charge is 0.264 e. The van der Waals surface area contributed by atoms with E-state index in [0.717, 1.165) is 33.0 Å². The Balaban J connectivity index is 1.83. The molecule has 7 nitrogen and oxygen atoms in total. The van der Waals surface area contributed by atoms with Gasteiger partial charge in [-0.2, -0.15) is 0 Å². The second kappa shape index (κ2) is 15.2. The summed E-state index contributed by atoms with van der Waals surface area (Å²) in [7, 11) is -4.17. The summed E-state index contributed by atoms with van der Waals surface area (Å²) in [5.74, 6) is -0.849. The molecule has 1 N–H and O–H groups in total. The number of nitrogens with zero attached hydrogens (tertiary/aromatic N) is 2. The summed E-state index contributed by atoms with van der Waals surface area (Å²) in [6.07, 6.45) is 0.957. The number of benzene rings is 4. The summed E-state index contributed by atoms with van der Waals surface area (Å²) in [5.41, 5.74) is 4.51. The maximum Gasteiger partial charge on any atom is 0.264 e. The van der Waals surface area contributed by atoms with Gasteiger partial charge in [0.1, 0.15) is 12.6 Å². The molecule has 0 bridgehead atoms. The number of hydrogen-bond acceptors (Lipinski definition) is 4. The molecule has 0 heterocycles. The van der Waals surface area contributed by atoms with Gasteiger partial charge in [0.25, 0.3) is 10.0 Å². The first-order valence-corrected chi connectivity index (χ1v) is 16.8. The van der Waals surface area contributed by atoms with Crippen molar-refractivity contribution in [2.24, 2.45) is 0 Å². The quantitative estimate of drug-likeness (QED) is 0.177. The highest BCUT2D eigenvalue weighted by atomic mass is 35.5. The average molecular weight is 646 g/mol. The molecular weight excluding hydrogens is 606 g/mol. The number of aryl methyl sites for hydroxylation is 3. The molecule has 0 saturated carbocycles. The van der Waals surface area contributed by atoms with Crippen LogP contribution >= 0.6 is 11.6 Å². The molecule has 0 aliphatic heterocycles. The van der Waals surface area contributed by atoms with Gasteiger partial charge in [0.2, 0.25) is 11.8 Å². The van der Waals surface area contributed by atoms with Gasteiger partial charge < -0.3 is 10.2 Å². The van der Waals surface area contributed by atoms with Gasteiger partial charge in [-0.15, -0.1) is 0 Å². The number of carbonyl (C=O) groups excluding carboxylic acids is 2. The van der Waals surface area contributed by atoms with Crippen molar-refractivity contribution in [3.63, 3.8) is 0 Å². The standard InChI is InChI=1S/C36H40ClN3O4S/c1-5-19-38-36(42)34(23-29-11-7-6-8-12-29)39(24-30-13-9-10-14-33(30)37)35(41)25-40(31-21-27(3)20-28(4)22-31)45(43,44)32-17-15-26(2)16-18-32/h6-18,20-22,34H,5,19,23-25H2,1-4H3,(H,38,42)/t34-/m0/s1. The molecule has 4 aromatic carbocycles. The molecule has 0 unspecified atom stereocenters. The summed E-state index contributed by atoms with van der Waals surface area (Å²) in [4.78, 5) is 29.8. The van der Waals surface area contributed by atoms with E-state index < -0.39 is 28.5 Å². The van der Waals surface area contributed by atoms with Crippen molar-refractivity contribution < 1.29 is 18.0 Å². The summed E-state index contributed by atoms with van der Waals surface area (Å²) in [6.45, 7) is 7.53. The molecule has 0 saturated heterocycles. The second-order valence-corrected chi connectivity index (χ2v) is 13.5. The summed E-state index contributed by atoms with van der Waals surface area (Å²) in [5, 5.41) is 3.40. The lowest BCUT2D eigenvalue weighted by molar-refractivity contribution is -0.140. The van der Waals surface area contributed by atoms with Gasteiger partial charge >= 0.3 is 0 Å². The van der Waals surface area contributed by atoms with Crippen molar-refractivity contribution in [2.75, 3.05) is 17.4 Å². The average Bonchev–Trinajstić information content (AvgIpc) is 3.01. The third-order valence-corrected chi connectivity index (χ3v) is 9.66. The van der Waals surface area contributed by atoms with Crippen molar-refractivity contribution in [1.82, 2.24) is 10.2 Å². The highest BCUT2D eigenvalue weighted by Gasteiger charge is 2.35. The second-order valence-electron chi connectivity index (χ2n) is 11.3. The van der Waals surface area contributed by atoms with Crippen molar-refractivity contribution in [1.29, 1.82) is 0 Å². The van der Waals surface area contributed by atoms with Crippen LogP contribution < -0.4 is 9.62 Å². The molecule has 236 valence electrons. The minimum atomic E-state index is -4.17. The van der Waals surface area contributed by atoms with E-state index >= 15 is 0 Å². The summed E-state index contributed by atoms with van der Waals surface area (Å²) >= 11 is 6.56. The van der Waals surface area contributed by atoms with Gasteiger partial charge in [0, 0.05) is 24.5 Å². The van der Waals surface area contributed by atoms with E-state index in [2.05, 4.69) is 5.32 Å². The van der Waals surface area contributed by atoms with Crippen molar-refractivity contribution in [3.05, 3.63) is 130 Å². The fraction of sp³-hybridized carbons (Fsp3) is 0.278. The Labute approximate surface area is 271 Å².